The van der Waals surface area contributed by atoms with Crippen LogP contribution in [-0.2, 0) is 6.54 Å². The van der Waals surface area contributed by atoms with Crippen molar-refractivity contribution in [1.82, 2.24) is 0 Å². The Hall–Kier alpha value is -2.16. The molecule has 2 aromatic rings. The topological polar surface area (TPSA) is 30.5 Å². The predicted molar refractivity (Wildman–Crippen MR) is 87.4 cm³/mol. The summed E-state index contributed by atoms with van der Waals surface area (Å²) in [6.45, 7) is 7.55. The summed E-state index contributed by atoms with van der Waals surface area (Å²) >= 11 is 0. The summed E-state index contributed by atoms with van der Waals surface area (Å²) in [7, 11) is 1.67. The molecule has 1 N–H and O–H groups in total. The van der Waals surface area contributed by atoms with E-state index in [0.29, 0.717) is 13.2 Å². The summed E-state index contributed by atoms with van der Waals surface area (Å²) < 4.78 is 11.1. The predicted octanol–water partition coefficient (Wildman–Crippen LogP) is 4.32. The fourth-order valence-corrected chi connectivity index (χ4v) is 2.22. The van der Waals surface area contributed by atoms with Crippen molar-refractivity contribution in [2.45, 2.75) is 27.3 Å². The number of hydrogen-bond donors (Lipinski definition) is 1. The molecule has 0 bridgehead atoms. The molecule has 0 saturated heterocycles. The second kappa shape index (κ2) is 7.02. The molecule has 2 rings (SSSR count). The van der Waals surface area contributed by atoms with Crippen LogP contribution in [0.15, 0.2) is 36.4 Å². The number of anilines is 1. The van der Waals surface area contributed by atoms with Gasteiger partial charge in [0.05, 0.1) is 13.7 Å². The van der Waals surface area contributed by atoms with Crippen LogP contribution in [0.1, 0.15) is 23.6 Å². The first-order valence-electron chi connectivity index (χ1n) is 7.25. The number of nitrogens with one attached hydrogen (secondary N) is 1. The van der Waals surface area contributed by atoms with E-state index in [4.69, 9.17) is 9.47 Å². The lowest BCUT2D eigenvalue weighted by Gasteiger charge is -2.15. The lowest BCUT2D eigenvalue weighted by molar-refractivity contribution is 0.308. The monoisotopic (exact) mass is 285 g/mol. The van der Waals surface area contributed by atoms with Crippen molar-refractivity contribution in [3.8, 4) is 11.5 Å². The molecule has 3 nitrogen and oxygen atoms in total. The van der Waals surface area contributed by atoms with E-state index in [-0.39, 0.29) is 0 Å². The first kappa shape index (κ1) is 15.2. The molecular formula is C18H23NO2. The highest BCUT2D eigenvalue weighted by molar-refractivity contribution is 5.51. The fourth-order valence-electron chi connectivity index (χ4n) is 2.22. The second-order valence-electron chi connectivity index (χ2n) is 5.03. The molecule has 0 aliphatic rings. The minimum atomic E-state index is 0.622. The van der Waals surface area contributed by atoms with Crippen molar-refractivity contribution < 1.29 is 9.47 Å². The van der Waals surface area contributed by atoms with Crippen molar-refractivity contribution >= 4 is 5.69 Å². The van der Waals surface area contributed by atoms with Gasteiger partial charge in [-0.05, 0) is 50.1 Å². The molecule has 0 saturated carbocycles. The molecule has 2 aromatic carbocycles. The molecule has 0 fully saturated rings. The SMILES string of the molecule is CCOc1c(CNc2ccc(C)c(C)c2)cccc1OC. The fraction of sp³-hybridized carbons (Fsp3) is 0.333. The number of aryl methyl sites for hydroxylation is 2. The van der Waals surface area contributed by atoms with Crippen LogP contribution in [0.2, 0.25) is 0 Å². The van der Waals surface area contributed by atoms with Gasteiger partial charge in [-0.1, -0.05) is 18.2 Å². The van der Waals surface area contributed by atoms with E-state index in [1.54, 1.807) is 7.11 Å². The van der Waals surface area contributed by atoms with Crippen molar-refractivity contribution in [3.05, 3.63) is 53.1 Å². The minimum Gasteiger partial charge on any atom is -0.493 e. The number of ether oxygens (including phenoxy) is 2. The van der Waals surface area contributed by atoms with E-state index in [0.717, 1.165) is 22.7 Å². The van der Waals surface area contributed by atoms with Gasteiger partial charge < -0.3 is 14.8 Å². The largest absolute Gasteiger partial charge is 0.493 e. The molecule has 0 aromatic heterocycles. The van der Waals surface area contributed by atoms with Crippen LogP contribution in [0, 0.1) is 13.8 Å². The number of para-hydroxylation sites is 1. The second-order valence-corrected chi connectivity index (χ2v) is 5.03. The Morgan fingerprint density at radius 3 is 2.52 bits per heavy atom. The molecule has 21 heavy (non-hydrogen) atoms. The minimum absolute atomic E-state index is 0.622. The first-order valence-corrected chi connectivity index (χ1v) is 7.25. The molecular weight excluding hydrogens is 262 g/mol. The van der Waals surface area contributed by atoms with Gasteiger partial charge in [-0.2, -0.15) is 0 Å². The Labute approximate surface area is 126 Å². The Kier molecular flexibility index (Phi) is 5.09. The van der Waals surface area contributed by atoms with Crippen LogP contribution in [0.25, 0.3) is 0 Å². The maximum absolute atomic E-state index is 5.73. The van der Waals surface area contributed by atoms with Crippen LogP contribution in [0.4, 0.5) is 5.69 Å². The molecule has 0 aliphatic heterocycles. The smallest absolute Gasteiger partial charge is 0.166 e. The third-order valence-corrected chi connectivity index (χ3v) is 3.56. The summed E-state index contributed by atoms with van der Waals surface area (Å²) in [6.07, 6.45) is 0. The van der Waals surface area contributed by atoms with Crippen LogP contribution in [0.3, 0.4) is 0 Å². The number of hydrogen-bond acceptors (Lipinski definition) is 3. The maximum Gasteiger partial charge on any atom is 0.166 e. The average molecular weight is 285 g/mol. The normalized spacial score (nSPS) is 10.3. The highest BCUT2D eigenvalue weighted by Gasteiger charge is 2.10. The first-order chi connectivity index (χ1) is 10.2. The van der Waals surface area contributed by atoms with E-state index in [1.165, 1.54) is 11.1 Å². The van der Waals surface area contributed by atoms with Gasteiger partial charge in [0.2, 0.25) is 0 Å². The zero-order valence-electron chi connectivity index (χ0n) is 13.2. The number of benzene rings is 2. The van der Waals surface area contributed by atoms with Crippen LogP contribution in [-0.4, -0.2) is 13.7 Å². The molecule has 0 radical (unpaired) electrons. The highest BCUT2D eigenvalue weighted by Crippen LogP contribution is 2.31. The van der Waals surface area contributed by atoms with Crippen LogP contribution in [0.5, 0.6) is 11.5 Å². The van der Waals surface area contributed by atoms with Gasteiger partial charge in [-0.15, -0.1) is 0 Å². The standard InChI is InChI=1S/C18H23NO2/c1-5-21-18-15(7-6-8-17(18)20-4)12-19-16-10-9-13(2)14(3)11-16/h6-11,19H,5,12H2,1-4H3. The van der Waals surface area contributed by atoms with Crippen LogP contribution >= 0.6 is 0 Å². The zero-order valence-corrected chi connectivity index (χ0v) is 13.2. The zero-order chi connectivity index (χ0) is 15.2. The summed E-state index contributed by atoms with van der Waals surface area (Å²) in [5.41, 5.74) is 4.80. The van der Waals surface area contributed by atoms with E-state index >= 15 is 0 Å². The average Bonchev–Trinajstić information content (AvgIpc) is 2.49. The molecule has 3 heteroatoms. The van der Waals surface area contributed by atoms with Gasteiger partial charge in [-0.3, -0.25) is 0 Å². The van der Waals surface area contributed by atoms with Crippen molar-refractivity contribution in [3.63, 3.8) is 0 Å². The highest BCUT2D eigenvalue weighted by atomic mass is 16.5. The third kappa shape index (κ3) is 3.69. The van der Waals surface area contributed by atoms with E-state index in [9.17, 15) is 0 Å². The maximum atomic E-state index is 5.73. The molecule has 0 heterocycles. The van der Waals surface area contributed by atoms with Crippen molar-refractivity contribution in [1.29, 1.82) is 0 Å². The molecule has 0 spiro atoms. The van der Waals surface area contributed by atoms with Gasteiger partial charge in [0.15, 0.2) is 11.5 Å². The van der Waals surface area contributed by atoms with E-state index < -0.39 is 0 Å². The lowest BCUT2D eigenvalue weighted by atomic mass is 10.1. The molecule has 112 valence electrons. The van der Waals surface area contributed by atoms with Gasteiger partial charge >= 0.3 is 0 Å². The quantitative estimate of drug-likeness (QED) is 0.857. The molecule has 0 aliphatic carbocycles. The third-order valence-electron chi connectivity index (χ3n) is 3.56. The van der Waals surface area contributed by atoms with Gasteiger partial charge in [0, 0.05) is 17.8 Å². The Morgan fingerprint density at radius 2 is 1.86 bits per heavy atom. The molecule has 0 unspecified atom stereocenters. The van der Waals surface area contributed by atoms with Crippen LogP contribution < -0.4 is 14.8 Å². The molecule has 0 amide bonds. The Morgan fingerprint density at radius 1 is 1.05 bits per heavy atom. The summed E-state index contributed by atoms with van der Waals surface area (Å²) in [5, 5.41) is 3.44. The summed E-state index contributed by atoms with van der Waals surface area (Å²) in [5.74, 6) is 1.59. The lowest BCUT2D eigenvalue weighted by Crippen LogP contribution is -2.05. The molecule has 0 atom stereocenters. The Balaban J connectivity index is 2.17. The summed E-state index contributed by atoms with van der Waals surface area (Å²) in [4.78, 5) is 0. The van der Waals surface area contributed by atoms with Gasteiger partial charge in [0.25, 0.3) is 0 Å². The number of methoxy groups -OCH3 is 1. The van der Waals surface area contributed by atoms with Gasteiger partial charge in [0.1, 0.15) is 0 Å². The van der Waals surface area contributed by atoms with E-state index in [1.807, 2.05) is 19.1 Å². The van der Waals surface area contributed by atoms with Crippen molar-refractivity contribution in [2.75, 3.05) is 19.0 Å². The summed E-state index contributed by atoms with van der Waals surface area (Å²) in [6, 6.07) is 12.4. The van der Waals surface area contributed by atoms with Crippen molar-refractivity contribution in [2.24, 2.45) is 0 Å². The van der Waals surface area contributed by atoms with Gasteiger partial charge in [-0.25, -0.2) is 0 Å². The van der Waals surface area contributed by atoms with E-state index in [2.05, 4.69) is 43.4 Å². The Bertz CT molecular complexity index is 608. The number of rotatable bonds is 6.